The highest BCUT2D eigenvalue weighted by Gasteiger charge is 2.56. The van der Waals surface area contributed by atoms with Crippen LogP contribution in [0.15, 0.2) is 138 Å². The highest BCUT2D eigenvalue weighted by molar-refractivity contribution is 9.10. The lowest BCUT2D eigenvalue weighted by molar-refractivity contribution is 0.0971. The Kier molecular flexibility index (Phi) is 10.00. The molecule has 6 aromatic carbocycles. The van der Waals surface area contributed by atoms with Crippen LogP contribution in [0.5, 0.6) is 0 Å². The predicted octanol–water partition coefficient (Wildman–Crippen LogP) is 11.7. The van der Waals surface area contributed by atoms with Crippen molar-refractivity contribution in [3.63, 3.8) is 0 Å². The minimum absolute atomic E-state index is 0.0376. The van der Waals surface area contributed by atoms with Crippen molar-refractivity contribution in [2.24, 2.45) is 0 Å². The molecule has 3 atom stereocenters. The number of Topliss-reactive ketones (excluding diaryl/α,β-unsaturated/α-hetero) is 1. The van der Waals surface area contributed by atoms with Crippen molar-refractivity contribution >= 4 is 62.5 Å². The molecule has 51 heavy (non-hydrogen) atoms. The fourth-order valence-electron chi connectivity index (χ4n) is 8.25. The molecule has 2 aliphatic rings. The standard InChI is InChI=1S/C43H40BrClN3O2P/c44-35-25-23-32(24-26-35)43(49)27-40(38-19-5-6-20-39(38)45)46-51(50)47(28-33-15-9-13-30-11-1-3-17-36(30)33)41-21-7-8-22-42(41)48(51)29-34-16-10-14-31-12-2-4-18-37(31)34/h1-6,9-20,23-26,40-42H,7-8,21-22,27-29H2,(H,46,50)/t40-,41-,42-/m1/s1. The summed E-state index contributed by atoms with van der Waals surface area (Å²) in [5.74, 6) is -0.0376. The Morgan fingerprint density at radius 3 is 1.78 bits per heavy atom. The molecule has 0 amide bonds. The van der Waals surface area contributed by atoms with Crippen molar-refractivity contribution in [2.75, 3.05) is 0 Å². The number of fused-ring (bicyclic) bond motifs is 3. The molecule has 2 fully saturated rings. The van der Waals surface area contributed by atoms with Crippen LogP contribution in [0.4, 0.5) is 0 Å². The summed E-state index contributed by atoms with van der Waals surface area (Å²) < 4.78 is 22.0. The van der Waals surface area contributed by atoms with Gasteiger partial charge in [0.05, 0.1) is 0 Å². The zero-order chi connectivity index (χ0) is 35.0. The second-order valence-electron chi connectivity index (χ2n) is 13.8. The highest BCUT2D eigenvalue weighted by atomic mass is 79.9. The topological polar surface area (TPSA) is 52.7 Å². The Morgan fingerprint density at radius 2 is 1.22 bits per heavy atom. The monoisotopic (exact) mass is 775 g/mol. The predicted molar refractivity (Wildman–Crippen MR) is 213 cm³/mol. The third-order valence-corrected chi connectivity index (χ3v) is 14.5. The molecule has 1 saturated heterocycles. The fraction of sp³-hybridized carbons (Fsp3) is 0.233. The van der Waals surface area contributed by atoms with Gasteiger partial charge in [-0.2, -0.15) is 0 Å². The van der Waals surface area contributed by atoms with E-state index in [1.165, 1.54) is 21.5 Å². The van der Waals surface area contributed by atoms with Crippen LogP contribution in [-0.4, -0.2) is 27.2 Å². The van der Waals surface area contributed by atoms with Gasteiger partial charge in [0.2, 0.25) is 0 Å². The molecule has 1 saturated carbocycles. The quantitative estimate of drug-likeness (QED) is 0.111. The zero-order valence-corrected chi connectivity index (χ0v) is 31.5. The van der Waals surface area contributed by atoms with Crippen molar-refractivity contribution in [2.45, 2.75) is 63.3 Å². The van der Waals surface area contributed by atoms with Gasteiger partial charge in [-0.05, 0) is 69.3 Å². The lowest BCUT2D eigenvalue weighted by Gasteiger charge is -2.36. The van der Waals surface area contributed by atoms with Crippen LogP contribution in [0.25, 0.3) is 21.5 Å². The summed E-state index contributed by atoms with van der Waals surface area (Å²) in [5, 5.41) is 8.96. The first-order valence-corrected chi connectivity index (χ1v) is 20.6. The second-order valence-corrected chi connectivity index (χ2v) is 17.5. The number of benzene rings is 6. The molecule has 8 rings (SSSR count). The van der Waals surface area contributed by atoms with Crippen LogP contribution < -0.4 is 5.09 Å². The maximum atomic E-state index is 16.6. The Hall–Kier alpha value is -3.61. The number of nitrogens with one attached hydrogen (secondary N) is 1. The van der Waals surface area contributed by atoms with Crippen molar-refractivity contribution in [3.05, 3.63) is 165 Å². The molecule has 1 aliphatic carbocycles. The van der Waals surface area contributed by atoms with E-state index < -0.39 is 13.6 Å². The van der Waals surface area contributed by atoms with Crippen LogP contribution in [0.1, 0.15) is 65.2 Å². The Labute approximate surface area is 313 Å². The number of ketones is 1. The molecule has 0 aromatic heterocycles. The SMILES string of the molecule is O=C(C[C@@H](NP1(=O)N(Cc2cccc3ccccc23)[C@@H]2CCCC[C@H]2N1Cc1cccc2ccccc12)c1ccccc1Cl)c1ccc(Br)cc1. The third-order valence-electron chi connectivity index (χ3n) is 10.7. The minimum atomic E-state index is -3.58. The molecule has 8 heteroatoms. The first kappa shape index (κ1) is 34.5. The van der Waals surface area contributed by atoms with Gasteiger partial charge in [0.15, 0.2) is 5.78 Å². The van der Waals surface area contributed by atoms with Gasteiger partial charge in [-0.3, -0.25) is 9.36 Å². The molecule has 0 spiro atoms. The third kappa shape index (κ3) is 6.87. The number of rotatable bonds is 10. The Balaban J connectivity index is 1.26. The minimum Gasteiger partial charge on any atom is -0.294 e. The second kappa shape index (κ2) is 14.8. The van der Waals surface area contributed by atoms with Crippen LogP contribution >= 0.6 is 35.1 Å². The molecule has 6 aromatic rings. The van der Waals surface area contributed by atoms with Crippen molar-refractivity contribution in [3.8, 4) is 0 Å². The van der Waals surface area contributed by atoms with Crippen LogP contribution in [0.2, 0.25) is 5.02 Å². The van der Waals surface area contributed by atoms with Crippen LogP contribution in [0, 0.1) is 0 Å². The maximum absolute atomic E-state index is 16.6. The zero-order valence-electron chi connectivity index (χ0n) is 28.3. The average Bonchev–Trinajstić information content (AvgIpc) is 3.38. The van der Waals surface area contributed by atoms with E-state index >= 15 is 4.57 Å². The number of halogens is 2. The molecule has 5 nitrogen and oxygen atoms in total. The molecule has 1 N–H and O–H groups in total. The van der Waals surface area contributed by atoms with Crippen LogP contribution in [0.3, 0.4) is 0 Å². The maximum Gasteiger partial charge on any atom is 0.286 e. The van der Waals surface area contributed by atoms with Crippen molar-refractivity contribution < 1.29 is 9.36 Å². The molecule has 0 bridgehead atoms. The number of hydrogen-bond donors (Lipinski definition) is 1. The Morgan fingerprint density at radius 1 is 0.706 bits per heavy atom. The molecular formula is C43H40BrClN3O2P. The summed E-state index contributed by atoms with van der Waals surface area (Å²) >= 11 is 10.4. The average molecular weight is 777 g/mol. The lowest BCUT2D eigenvalue weighted by Crippen LogP contribution is -2.39. The van der Waals surface area contributed by atoms with Gasteiger partial charge in [-0.25, -0.2) is 14.4 Å². The van der Waals surface area contributed by atoms with Gasteiger partial charge in [-0.15, -0.1) is 0 Å². The largest absolute Gasteiger partial charge is 0.294 e. The molecule has 1 heterocycles. The van der Waals surface area contributed by atoms with E-state index in [-0.39, 0.29) is 24.3 Å². The van der Waals surface area contributed by atoms with Gasteiger partial charge < -0.3 is 0 Å². The summed E-state index contributed by atoms with van der Waals surface area (Å²) in [6.45, 7) is 1.05. The normalized spacial score (nSPS) is 19.6. The van der Waals surface area contributed by atoms with Crippen molar-refractivity contribution in [1.29, 1.82) is 0 Å². The molecule has 0 radical (unpaired) electrons. The van der Waals surface area contributed by atoms with E-state index in [4.69, 9.17) is 11.6 Å². The van der Waals surface area contributed by atoms with E-state index in [1.807, 2.05) is 48.5 Å². The lowest BCUT2D eigenvalue weighted by atomic mass is 9.89. The Bertz CT molecular complexity index is 2150. The van der Waals surface area contributed by atoms with Gasteiger partial charge in [0.1, 0.15) is 0 Å². The summed E-state index contributed by atoms with van der Waals surface area (Å²) in [7, 11) is -3.58. The van der Waals surface area contributed by atoms with Gasteiger partial charge in [0, 0.05) is 52.7 Å². The molecular weight excluding hydrogens is 737 g/mol. The molecule has 0 unspecified atom stereocenters. The smallest absolute Gasteiger partial charge is 0.286 e. The van der Waals surface area contributed by atoms with Gasteiger partial charge >= 0.3 is 0 Å². The molecule has 1 aliphatic heterocycles. The van der Waals surface area contributed by atoms with Crippen LogP contribution in [-0.2, 0) is 17.7 Å². The first-order chi connectivity index (χ1) is 24.9. The van der Waals surface area contributed by atoms with E-state index in [2.05, 4.69) is 115 Å². The number of nitrogens with zero attached hydrogens (tertiary/aromatic N) is 2. The number of carbonyl (C=O) groups is 1. The van der Waals surface area contributed by atoms with Crippen molar-refractivity contribution in [1.82, 2.24) is 14.4 Å². The van der Waals surface area contributed by atoms with E-state index in [1.54, 1.807) is 0 Å². The number of hydrogen-bond acceptors (Lipinski definition) is 2. The summed E-state index contributed by atoms with van der Waals surface area (Å²) in [6, 6.07) is 44.3. The highest BCUT2D eigenvalue weighted by Crippen LogP contribution is 2.63. The van der Waals surface area contributed by atoms with Gasteiger partial charge in [-0.1, -0.05) is 156 Å². The summed E-state index contributed by atoms with van der Waals surface area (Å²) in [6.07, 6.45) is 4.20. The van der Waals surface area contributed by atoms with E-state index in [9.17, 15) is 4.79 Å². The first-order valence-electron chi connectivity index (χ1n) is 17.8. The fourth-order valence-corrected chi connectivity index (χ4v) is 12.0. The number of carbonyl (C=O) groups excluding carboxylic acids is 1. The summed E-state index contributed by atoms with van der Waals surface area (Å²) in [5.41, 5.74) is 3.67. The van der Waals surface area contributed by atoms with E-state index in [0.29, 0.717) is 23.7 Å². The van der Waals surface area contributed by atoms with E-state index in [0.717, 1.165) is 46.8 Å². The van der Waals surface area contributed by atoms with Gasteiger partial charge in [0.25, 0.3) is 7.59 Å². The molecule has 258 valence electrons. The summed E-state index contributed by atoms with van der Waals surface area (Å²) in [4.78, 5) is 14.0.